The van der Waals surface area contributed by atoms with Crippen LogP contribution >= 0.6 is 0 Å². The number of benzene rings is 1. The summed E-state index contributed by atoms with van der Waals surface area (Å²) in [5.41, 5.74) is 5.19. The highest BCUT2D eigenvalue weighted by molar-refractivity contribution is 5.87. The lowest BCUT2D eigenvalue weighted by atomic mass is 9.84. The molecule has 0 amide bonds. The largest absolute Gasteiger partial charge is 0.508 e. The number of allylic oxidation sites excluding steroid dienone is 1. The van der Waals surface area contributed by atoms with Gasteiger partial charge in [0.2, 0.25) is 0 Å². The number of fused-ring (bicyclic) bond motifs is 6. The minimum absolute atomic E-state index is 0.0269. The first-order valence-corrected chi connectivity index (χ1v) is 9.52. The smallest absolute Gasteiger partial charge is 0.182 e. The first kappa shape index (κ1) is 16.4. The number of likely N-dealkylation sites (N-methyl/N-ethyl adjacent to an activating group) is 1. The van der Waals surface area contributed by atoms with Crippen molar-refractivity contribution >= 4 is 10.9 Å². The Morgan fingerprint density at radius 3 is 2.92 bits per heavy atom. The number of aromatic hydroxyl groups is 1. The van der Waals surface area contributed by atoms with E-state index in [1.165, 1.54) is 22.2 Å². The molecule has 138 valence electrons. The topological polar surface area (TPSA) is 46.9 Å². The molecule has 1 N–H and O–H groups in total. The number of ether oxygens (including phenoxy) is 2. The summed E-state index contributed by atoms with van der Waals surface area (Å²) in [6, 6.07) is 6.11. The molecule has 0 aliphatic carbocycles. The lowest BCUT2D eigenvalue weighted by molar-refractivity contribution is -0.182. The maximum Gasteiger partial charge on any atom is 0.182 e. The molecule has 1 aromatic heterocycles. The fraction of sp³-hybridized carbons (Fsp3) is 0.524. The average Bonchev–Trinajstić information content (AvgIpc) is 2.89. The van der Waals surface area contributed by atoms with Crippen LogP contribution in [0.15, 0.2) is 29.8 Å². The van der Waals surface area contributed by atoms with Gasteiger partial charge in [-0.15, -0.1) is 0 Å². The minimum atomic E-state index is -0.278. The predicted octanol–water partition coefficient (Wildman–Crippen LogP) is 3.73. The van der Waals surface area contributed by atoms with E-state index in [-0.39, 0.29) is 12.5 Å². The monoisotopic (exact) mass is 354 g/mol. The number of phenols is 1. The zero-order chi connectivity index (χ0) is 18.0. The van der Waals surface area contributed by atoms with E-state index in [1.807, 2.05) is 12.1 Å². The SMILES string of the molecule is C/C=C1/[C@@H]2C[C@H]3c4c(c5cc(O)ccc5n4[C@@H](C2)O[C@H]1OC)CCN3C. The summed E-state index contributed by atoms with van der Waals surface area (Å²) in [5, 5.41) is 11.2. The Hall–Kier alpha value is -1.82. The van der Waals surface area contributed by atoms with E-state index >= 15 is 0 Å². The quantitative estimate of drug-likeness (QED) is 0.793. The lowest BCUT2D eigenvalue weighted by Gasteiger charge is -2.37. The van der Waals surface area contributed by atoms with Gasteiger partial charge < -0.3 is 19.1 Å². The van der Waals surface area contributed by atoms with Gasteiger partial charge in [-0.1, -0.05) is 6.08 Å². The Balaban J connectivity index is 1.77. The molecule has 1 saturated heterocycles. The Labute approximate surface area is 153 Å². The van der Waals surface area contributed by atoms with Crippen molar-refractivity contribution in [1.82, 2.24) is 9.47 Å². The highest BCUT2D eigenvalue weighted by Crippen LogP contribution is 2.50. The van der Waals surface area contributed by atoms with Crippen LogP contribution in [0, 0.1) is 5.92 Å². The van der Waals surface area contributed by atoms with Gasteiger partial charge in [0.05, 0.1) is 11.6 Å². The van der Waals surface area contributed by atoms with E-state index in [4.69, 9.17) is 9.47 Å². The van der Waals surface area contributed by atoms with Crippen molar-refractivity contribution in [2.45, 2.75) is 44.7 Å². The Bertz CT molecular complexity index is 900. The molecular formula is C21H26N2O3. The summed E-state index contributed by atoms with van der Waals surface area (Å²) < 4.78 is 14.5. The first-order valence-electron chi connectivity index (χ1n) is 9.52. The third-order valence-corrected chi connectivity index (χ3v) is 6.55. The highest BCUT2D eigenvalue weighted by Gasteiger charge is 2.44. The Morgan fingerprint density at radius 1 is 1.31 bits per heavy atom. The number of hydrogen-bond donors (Lipinski definition) is 1. The van der Waals surface area contributed by atoms with Crippen LogP contribution in [0.1, 0.15) is 43.3 Å². The highest BCUT2D eigenvalue weighted by atomic mass is 16.7. The number of methoxy groups -OCH3 is 1. The minimum Gasteiger partial charge on any atom is -0.508 e. The molecule has 0 radical (unpaired) electrons. The second-order valence-corrected chi connectivity index (χ2v) is 7.80. The number of nitrogens with zero attached hydrogens (tertiary/aromatic N) is 2. The predicted molar refractivity (Wildman–Crippen MR) is 100 cm³/mol. The second-order valence-electron chi connectivity index (χ2n) is 7.80. The molecule has 1 aromatic carbocycles. The van der Waals surface area contributed by atoms with Crippen LogP contribution in [0.4, 0.5) is 0 Å². The molecule has 5 heteroatoms. The first-order chi connectivity index (χ1) is 12.6. The molecule has 1 fully saturated rings. The van der Waals surface area contributed by atoms with Gasteiger partial charge in [0.1, 0.15) is 12.0 Å². The number of rotatable bonds is 1. The molecule has 3 aliphatic rings. The molecule has 3 aliphatic heterocycles. The van der Waals surface area contributed by atoms with Crippen molar-refractivity contribution < 1.29 is 14.6 Å². The summed E-state index contributed by atoms with van der Waals surface area (Å²) in [4.78, 5) is 2.48. The normalized spacial score (nSPS) is 32.7. The van der Waals surface area contributed by atoms with E-state index in [0.29, 0.717) is 17.7 Å². The third-order valence-electron chi connectivity index (χ3n) is 6.55. The van der Waals surface area contributed by atoms with E-state index in [0.717, 1.165) is 31.3 Å². The van der Waals surface area contributed by atoms with E-state index in [1.54, 1.807) is 13.2 Å². The molecule has 2 bridgehead atoms. The summed E-state index contributed by atoms with van der Waals surface area (Å²) in [6.45, 7) is 3.13. The number of aromatic nitrogens is 1. The van der Waals surface area contributed by atoms with Gasteiger partial charge in [-0.05, 0) is 68.5 Å². The fourth-order valence-electron chi connectivity index (χ4n) is 5.35. The Morgan fingerprint density at radius 2 is 2.15 bits per heavy atom. The standard InChI is InChI=1S/C21H26N2O3/c1-4-14-12-9-18-20-15(7-8-22(18)2)16-11-13(24)5-6-17(16)23(20)19(10-12)26-21(14)25-3/h4-6,11-12,18-19,21,24H,7-10H2,1-3H3/b14-4-/t12-,18+,19-,21-/m1/s1. The van der Waals surface area contributed by atoms with Crippen LogP contribution in [-0.4, -0.2) is 41.6 Å². The van der Waals surface area contributed by atoms with Crippen molar-refractivity contribution in [3.63, 3.8) is 0 Å². The fourth-order valence-corrected chi connectivity index (χ4v) is 5.35. The van der Waals surface area contributed by atoms with E-state index in [9.17, 15) is 5.11 Å². The zero-order valence-electron chi connectivity index (χ0n) is 15.6. The van der Waals surface area contributed by atoms with Gasteiger partial charge >= 0.3 is 0 Å². The van der Waals surface area contributed by atoms with Gasteiger partial charge in [0.25, 0.3) is 0 Å². The van der Waals surface area contributed by atoms with Crippen LogP contribution in [0.5, 0.6) is 5.75 Å². The number of hydrogen-bond acceptors (Lipinski definition) is 4. The van der Waals surface area contributed by atoms with Crippen LogP contribution < -0.4 is 0 Å². The lowest BCUT2D eigenvalue weighted by Crippen LogP contribution is -2.34. The van der Waals surface area contributed by atoms with Crippen molar-refractivity contribution in [3.05, 3.63) is 41.1 Å². The molecule has 26 heavy (non-hydrogen) atoms. The Kier molecular flexibility index (Phi) is 3.68. The summed E-state index contributed by atoms with van der Waals surface area (Å²) >= 11 is 0. The van der Waals surface area contributed by atoms with Crippen LogP contribution in [-0.2, 0) is 15.9 Å². The maximum atomic E-state index is 10.0. The molecule has 5 nitrogen and oxygen atoms in total. The van der Waals surface area contributed by atoms with E-state index < -0.39 is 0 Å². The summed E-state index contributed by atoms with van der Waals surface area (Å²) in [5.74, 6) is 0.799. The summed E-state index contributed by atoms with van der Waals surface area (Å²) in [7, 11) is 3.96. The van der Waals surface area contributed by atoms with Crippen molar-refractivity contribution in [2.24, 2.45) is 5.92 Å². The zero-order valence-corrected chi connectivity index (χ0v) is 15.6. The second kappa shape index (κ2) is 5.84. The molecule has 5 rings (SSSR count). The third kappa shape index (κ3) is 2.14. The maximum absolute atomic E-state index is 10.0. The molecule has 0 unspecified atom stereocenters. The molecule has 0 saturated carbocycles. The van der Waals surface area contributed by atoms with Crippen molar-refractivity contribution in [3.8, 4) is 5.75 Å². The molecule has 4 atom stereocenters. The molecule has 2 aromatic rings. The molecular weight excluding hydrogens is 328 g/mol. The van der Waals surface area contributed by atoms with Gasteiger partial charge in [-0.3, -0.25) is 4.90 Å². The molecule has 4 heterocycles. The van der Waals surface area contributed by atoms with Gasteiger partial charge in [-0.25, -0.2) is 0 Å². The van der Waals surface area contributed by atoms with Gasteiger partial charge in [0.15, 0.2) is 6.29 Å². The molecule has 0 spiro atoms. The van der Waals surface area contributed by atoms with E-state index in [2.05, 4.69) is 29.5 Å². The van der Waals surface area contributed by atoms with Crippen molar-refractivity contribution in [1.29, 1.82) is 0 Å². The average molecular weight is 354 g/mol. The van der Waals surface area contributed by atoms with Crippen molar-refractivity contribution in [2.75, 3.05) is 20.7 Å². The van der Waals surface area contributed by atoms with Crippen LogP contribution in [0.25, 0.3) is 10.9 Å². The van der Waals surface area contributed by atoms with Crippen LogP contribution in [0.2, 0.25) is 0 Å². The van der Waals surface area contributed by atoms with Gasteiger partial charge in [0, 0.05) is 24.7 Å². The number of phenolic OH excluding ortho intramolecular Hbond substituents is 1. The summed E-state index contributed by atoms with van der Waals surface area (Å²) in [6.07, 6.45) is 4.94. The van der Waals surface area contributed by atoms with Gasteiger partial charge in [-0.2, -0.15) is 0 Å². The van der Waals surface area contributed by atoms with Crippen LogP contribution in [0.3, 0.4) is 0 Å².